The van der Waals surface area contributed by atoms with Gasteiger partial charge < -0.3 is 4.90 Å². The Kier molecular flexibility index (Phi) is 3.51. The van der Waals surface area contributed by atoms with Gasteiger partial charge in [-0.15, -0.1) is 6.42 Å². The number of carbonyl (C=O) groups is 1. The first-order valence-corrected chi connectivity index (χ1v) is 4.92. The monoisotopic (exact) mass is 201 g/mol. The van der Waals surface area contributed by atoms with Crippen molar-refractivity contribution in [2.24, 2.45) is 0 Å². The van der Waals surface area contributed by atoms with Crippen molar-refractivity contribution in [1.29, 1.82) is 0 Å². The van der Waals surface area contributed by atoms with E-state index >= 15 is 0 Å². The molecule has 0 unspecified atom stereocenters. The smallest absolute Gasteiger partial charge is 0.159 e. The predicted octanol–water partition coefficient (Wildman–Crippen LogP) is 2.33. The number of benzene rings is 1. The summed E-state index contributed by atoms with van der Waals surface area (Å²) >= 11 is 0. The Bertz CT molecular complexity index is 415. The molecule has 0 aliphatic rings. The summed E-state index contributed by atoms with van der Waals surface area (Å²) in [6, 6.07) is 5.48. The van der Waals surface area contributed by atoms with E-state index in [2.05, 4.69) is 17.7 Å². The molecule has 0 aliphatic heterocycles. The molecule has 1 rings (SSSR count). The Morgan fingerprint density at radius 3 is 2.67 bits per heavy atom. The fourth-order valence-corrected chi connectivity index (χ4v) is 1.37. The summed E-state index contributed by atoms with van der Waals surface area (Å²) < 4.78 is 0. The molecule has 0 aromatic heterocycles. The maximum atomic E-state index is 11.2. The summed E-state index contributed by atoms with van der Waals surface area (Å²) in [5.74, 6) is 2.65. The van der Waals surface area contributed by atoms with Gasteiger partial charge in [0, 0.05) is 24.7 Å². The highest BCUT2D eigenvalue weighted by Crippen LogP contribution is 2.20. The van der Waals surface area contributed by atoms with Gasteiger partial charge in [-0.1, -0.05) is 5.92 Å². The first kappa shape index (κ1) is 11.3. The Labute approximate surface area is 90.9 Å². The van der Waals surface area contributed by atoms with Gasteiger partial charge in [0.15, 0.2) is 5.78 Å². The van der Waals surface area contributed by atoms with E-state index < -0.39 is 0 Å². The average Bonchev–Trinajstić information content (AvgIpc) is 2.27. The second kappa shape index (κ2) is 4.65. The number of hydrogen-bond acceptors (Lipinski definition) is 2. The van der Waals surface area contributed by atoms with E-state index in [1.807, 2.05) is 19.2 Å². The summed E-state index contributed by atoms with van der Waals surface area (Å²) in [7, 11) is 1.98. The highest BCUT2D eigenvalue weighted by atomic mass is 16.1. The van der Waals surface area contributed by atoms with Crippen LogP contribution in [0.3, 0.4) is 0 Å². The molecule has 1 aromatic carbocycles. The second-order valence-corrected chi connectivity index (χ2v) is 3.45. The molecule has 0 heterocycles. The van der Waals surface area contributed by atoms with Gasteiger partial charge in [-0.3, -0.25) is 4.79 Å². The van der Waals surface area contributed by atoms with E-state index in [1.165, 1.54) is 0 Å². The van der Waals surface area contributed by atoms with Crippen LogP contribution in [0.1, 0.15) is 29.8 Å². The van der Waals surface area contributed by atoms with Crippen molar-refractivity contribution in [1.82, 2.24) is 0 Å². The van der Waals surface area contributed by atoms with Crippen molar-refractivity contribution in [3.8, 4) is 12.3 Å². The summed E-state index contributed by atoms with van der Waals surface area (Å²) in [6.07, 6.45) is 5.42. The molecule has 0 amide bonds. The van der Waals surface area contributed by atoms with E-state index in [9.17, 15) is 4.79 Å². The minimum atomic E-state index is 0.0391. The van der Waals surface area contributed by atoms with Crippen molar-refractivity contribution < 1.29 is 4.79 Å². The van der Waals surface area contributed by atoms with Crippen LogP contribution in [0.25, 0.3) is 0 Å². The number of anilines is 1. The first-order valence-electron chi connectivity index (χ1n) is 4.92. The zero-order valence-corrected chi connectivity index (χ0v) is 9.37. The lowest BCUT2D eigenvalue weighted by atomic mass is 10.1. The number of rotatable bonds is 3. The van der Waals surface area contributed by atoms with E-state index in [0.717, 1.165) is 17.8 Å². The summed E-state index contributed by atoms with van der Waals surface area (Å²) in [6.45, 7) is 4.48. The normalized spacial score (nSPS) is 9.47. The molecule has 0 N–H and O–H groups in total. The molecular formula is C13H15NO. The summed E-state index contributed by atoms with van der Waals surface area (Å²) in [5.41, 5.74) is 2.42. The zero-order valence-electron chi connectivity index (χ0n) is 9.37. The third-order valence-corrected chi connectivity index (χ3v) is 2.44. The van der Waals surface area contributed by atoms with Gasteiger partial charge in [0.05, 0.1) is 5.69 Å². The van der Waals surface area contributed by atoms with Gasteiger partial charge in [0.25, 0.3) is 0 Å². The maximum absolute atomic E-state index is 11.2. The molecule has 0 saturated heterocycles. The lowest BCUT2D eigenvalue weighted by molar-refractivity contribution is 0.101. The number of terminal acetylenes is 1. The molecule has 0 aliphatic carbocycles. The van der Waals surface area contributed by atoms with Gasteiger partial charge in [-0.25, -0.2) is 0 Å². The molecule has 0 atom stereocenters. The molecule has 2 heteroatoms. The highest BCUT2D eigenvalue weighted by Gasteiger charge is 2.07. The number of carbonyl (C=O) groups excluding carboxylic acids is 1. The lowest BCUT2D eigenvalue weighted by Gasteiger charge is -2.18. The minimum absolute atomic E-state index is 0.0391. The standard InChI is InChI=1S/C13H15NO/c1-5-11-9-12(10(3)15)7-8-13(11)14(4)6-2/h1,7-9H,6H2,2-4H3. The topological polar surface area (TPSA) is 20.3 Å². The van der Waals surface area contributed by atoms with E-state index in [1.54, 1.807) is 13.0 Å². The lowest BCUT2D eigenvalue weighted by Crippen LogP contribution is -2.17. The second-order valence-electron chi connectivity index (χ2n) is 3.45. The zero-order chi connectivity index (χ0) is 11.4. The van der Waals surface area contributed by atoms with Crippen LogP contribution in [0, 0.1) is 12.3 Å². The van der Waals surface area contributed by atoms with Crippen molar-refractivity contribution in [3.63, 3.8) is 0 Å². The van der Waals surface area contributed by atoms with Crippen LogP contribution in [-0.4, -0.2) is 19.4 Å². The van der Waals surface area contributed by atoms with Crippen LogP contribution in [0.15, 0.2) is 18.2 Å². The Balaban J connectivity index is 3.22. The van der Waals surface area contributed by atoms with Crippen LogP contribution in [0.4, 0.5) is 5.69 Å². The average molecular weight is 201 g/mol. The Morgan fingerprint density at radius 1 is 1.53 bits per heavy atom. The van der Waals surface area contributed by atoms with E-state index in [0.29, 0.717) is 5.56 Å². The Morgan fingerprint density at radius 2 is 2.20 bits per heavy atom. The molecule has 0 radical (unpaired) electrons. The molecule has 0 saturated carbocycles. The van der Waals surface area contributed by atoms with Gasteiger partial charge in [-0.2, -0.15) is 0 Å². The van der Waals surface area contributed by atoms with Gasteiger partial charge in [0.2, 0.25) is 0 Å². The van der Waals surface area contributed by atoms with Crippen LogP contribution in [0.2, 0.25) is 0 Å². The molecular weight excluding hydrogens is 186 g/mol. The van der Waals surface area contributed by atoms with Crippen LogP contribution < -0.4 is 4.90 Å². The van der Waals surface area contributed by atoms with Gasteiger partial charge >= 0.3 is 0 Å². The Hall–Kier alpha value is -1.75. The number of hydrogen-bond donors (Lipinski definition) is 0. The molecule has 15 heavy (non-hydrogen) atoms. The van der Waals surface area contributed by atoms with Crippen LogP contribution in [-0.2, 0) is 0 Å². The number of Topliss-reactive ketones (excluding diaryl/α,β-unsaturated/α-hetero) is 1. The fourth-order valence-electron chi connectivity index (χ4n) is 1.37. The highest BCUT2D eigenvalue weighted by molar-refractivity contribution is 5.95. The maximum Gasteiger partial charge on any atom is 0.159 e. The molecule has 1 aromatic rings. The van der Waals surface area contributed by atoms with Crippen molar-refractivity contribution in [3.05, 3.63) is 29.3 Å². The fraction of sp³-hybridized carbons (Fsp3) is 0.308. The SMILES string of the molecule is C#Cc1cc(C(C)=O)ccc1N(C)CC. The summed E-state index contributed by atoms with van der Waals surface area (Å²) in [4.78, 5) is 13.2. The van der Waals surface area contributed by atoms with Gasteiger partial charge in [0.1, 0.15) is 0 Å². The number of ketones is 1. The molecule has 78 valence electrons. The van der Waals surface area contributed by atoms with Crippen molar-refractivity contribution >= 4 is 11.5 Å². The molecule has 2 nitrogen and oxygen atoms in total. The molecule has 0 fully saturated rings. The van der Waals surface area contributed by atoms with E-state index in [4.69, 9.17) is 6.42 Å². The largest absolute Gasteiger partial charge is 0.374 e. The van der Waals surface area contributed by atoms with Crippen molar-refractivity contribution in [2.45, 2.75) is 13.8 Å². The quantitative estimate of drug-likeness (QED) is 0.552. The minimum Gasteiger partial charge on any atom is -0.374 e. The van der Waals surface area contributed by atoms with Crippen LogP contribution >= 0.6 is 0 Å². The third-order valence-electron chi connectivity index (χ3n) is 2.44. The van der Waals surface area contributed by atoms with Gasteiger partial charge in [-0.05, 0) is 32.0 Å². The van der Waals surface area contributed by atoms with E-state index in [-0.39, 0.29) is 5.78 Å². The van der Waals surface area contributed by atoms with Crippen molar-refractivity contribution in [2.75, 3.05) is 18.5 Å². The van der Waals surface area contributed by atoms with Crippen LogP contribution in [0.5, 0.6) is 0 Å². The third kappa shape index (κ3) is 2.38. The summed E-state index contributed by atoms with van der Waals surface area (Å²) in [5, 5.41) is 0. The predicted molar refractivity (Wildman–Crippen MR) is 63.3 cm³/mol. The first-order chi connectivity index (χ1) is 7.10. The number of nitrogens with zero attached hydrogens (tertiary/aromatic N) is 1. The molecule has 0 spiro atoms. The molecule has 0 bridgehead atoms.